The Morgan fingerprint density at radius 2 is 1.75 bits per heavy atom. The molecule has 2 heterocycles. The fourth-order valence-electron chi connectivity index (χ4n) is 3.52. The third-order valence-corrected chi connectivity index (χ3v) is 6.13. The van der Waals surface area contributed by atoms with Crippen LogP contribution in [-0.4, -0.2) is 17.6 Å². The van der Waals surface area contributed by atoms with Crippen molar-refractivity contribution < 1.29 is 18.3 Å². The number of ether oxygens (including phenoxy) is 1. The van der Waals surface area contributed by atoms with Crippen molar-refractivity contribution in [1.29, 1.82) is 5.26 Å². The van der Waals surface area contributed by atoms with E-state index < -0.39 is 29.2 Å². The Balaban J connectivity index is 2.09. The predicted octanol–water partition coefficient (Wildman–Crippen LogP) is 1.68. The fourth-order valence-corrected chi connectivity index (χ4v) is 4.69. The Morgan fingerprint density at radius 3 is 2.31 bits per heavy atom. The van der Waals surface area contributed by atoms with E-state index in [4.69, 9.17) is 10.5 Å². The van der Waals surface area contributed by atoms with Gasteiger partial charge >= 0.3 is 5.97 Å². The highest BCUT2D eigenvalue weighted by atomic mass is 32.1. The second-order valence-corrected chi connectivity index (χ2v) is 7.93. The van der Waals surface area contributed by atoms with Crippen molar-refractivity contribution >= 4 is 29.0 Å². The molecule has 0 spiro atoms. The molecule has 2 aromatic carbocycles. The van der Waals surface area contributed by atoms with Crippen molar-refractivity contribution in [2.45, 2.75) is 6.04 Å². The number of hydrogen-bond donors (Lipinski definition) is 1. The standard InChI is InChI=1S/C23H15F2N3O3S/c1-31-23(30)18-19(27)16(11-26)20(13-4-8-15(25)9-5-13)28-21(29)17(32-22(18)28)10-12-2-6-14(24)7-3-12/h2-10,20H,27H2,1H3/b17-10+/t20-/m1/s1. The summed E-state index contributed by atoms with van der Waals surface area (Å²) in [6.45, 7) is 0. The molecule has 1 aliphatic heterocycles. The van der Waals surface area contributed by atoms with E-state index in [1.807, 2.05) is 6.07 Å². The number of esters is 1. The van der Waals surface area contributed by atoms with Gasteiger partial charge in [0, 0.05) is 0 Å². The fraction of sp³-hybridized carbons (Fsp3) is 0.0870. The van der Waals surface area contributed by atoms with E-state index in [-0.39, 0.29) is 26.0 Å². The van der Waals surface area contributed by atoms with Crippen LogP contribution >= 0.6 is 11.3 Å². The van der Waals surface area contributed by atoms with Gasteiger partial charge in [0.25, 0.3) is 5.56 Å². The summed E-state index contributed by atoms with van der Waals surface area (Å²) in [6.07, 6.45) is 1.55. The second-order valence-electron chi connectivity index (χ2n) is 6.90. The number of thiazole rings is 1. The van der Waals surface area contributed by atoms with Crippen LogP contribution in [-0.2, 0) is 9.53 Å². The molecule has 4 rings (SSSR count). The summed E-state index contributed by atoms with van der Waals surface area (Å²) in [5.74, 6) is -1.70. The lowest BCUT2D eigenvalue weighted by atomic mass is 9.93. The van der Waals surface area contributed by atoms with E-state index in [1.165, 1.54) is 60.2 Å². The lowest BCUT2D eigenvalue weighted by Crippen LogP contribution is -2.41. The van der Waals surface area contributed by atoms with Crippen molar-refractivity contribution in [2.75, 3.05) is 7.11 Å². The minimum atomic E-state index is -0.955. The molecule has 1 aliphatic rings. The Hall–Kier alpha value is -4.03. The molecule has 0 fully saturated rings. The first-order chi connectivity index (χ1) is 15.3. The number of aromatic nitrogens is 1. The molecule has 0 saturated heterocycles. The van der Waals surface area contributed by atoms with Gasteiger partial charge in [-0.3, -0.25) is 9.36 Å². The number of nitrogens with zero attached hydrogens (tertiary/aromatic N) is 2. The molecule has 0 unspecified atom stereocenters. The highest BCUT2D eigenvalue weighted by molar-refractivity contribution is 7.07. The molecular formula is C23H15F2N3O3S. The first-order valence-corrected chi connectivity index (χ1v) is 10.1. The van der Waals surface area contributed by atoms with Gasteiger partial charge in [0.2, 0.25) is 0 Å². The highest BCUT2D eigenvalue weighted by Gasteiger charge is 2.34. The molecule has 3 aromatic rings. The summed E-state index contributed by atoms with van der Waals surface area (Å²) in [7, 11) is 1.17. The topological polar surface area (TPSA) is 98.1 Å². The quantitative estimate of drug-likeness (QED) is 0.611. The molecule has 0 bridgehead atoms. The Morgan fingerprint density at radius 1 is 1.16 bits per heavy atom. The first kappa shape index (κ1) is 21.2. The zero-order chi connectivity index (χ0) is 23.0. The largest absolute Gasteiger partial charge is 0.465 e. The van der Waals surface area contributed by atoms with E-state index in [0.717, 1.165) is 11.3 Å². The van der Waals surface area contributed by atoms with Gasteiger partial charge < -0.3 is 10.5 Å². The first-order valence-electron chi connectivity index (χ1n) is 9.32. The van der Waals surface area contributed by atoms with Gasteiger partial charge in [-0.15, -0.1) is 11.3 Å². The predicted molar refractivity (Wildman–Crippen MR) is 115 cm³/mol. The number of benzene rings is 2. The van der Waals surface area contributed by atoms with E-state index in [2.05, 4.69) is 0 Å². The number of carbonyl (C=O) groups excluding carboxylic acids is 1. The second kappa shape index (κ2) is 8.24. The molecule has 0 amide bonds. The molecule has 1 atom stereocenters. The van der Waals surface area contributed by atoms with Gasteiger partial charge in [-0.2, -0.15) is 5.26 Å². The van der Waals surface area contributed by atoms with Crippen LogP contribution in [0.15, 0.2) is 64.6 Å². The number of nitriles is 1. The van der Waals surface area contributed by atoms with Crippen molar-refractivity contribution in [3.8, 4) is 6.07 Å². The van der Waals surface area contributed by atoms with Crippen molar-refractivity contribution in [3.63, 3.8) is 0 Å². The molecular weight excluding hydrogens is 436 g/mol. The van der Waals surface area contributed by atoms with Crippen molar-refractivity contribution in [3.05, 3.63) is 102 Å². The van der Waals surface area contributed by atoms with E-state index in [9.17, 15) is 23.6 Å². The third-order valence-electron chi connectivity index (χ3n) is 5.02. The highest BCUT2D eigenvalue weighted by Crippen LogP contribution is 2.31. The minimum Gasteiger partial charge on any atom is -0.465 e. The number of nitrogens with two attached hydrogens (primary N) is 1. The number of rotatable bonds is 3. The van der Waals surface area contributed by atoms with Crippen LogP contribution in [0.4, 0.5) is 8.78 Å². The summed E-state index contributed by atoms with van der Waals surface area (Å²) in [4.78, 5) is 25.9. The van der Waals surface area contributed by atoms with Crippen LogP contribution in [0.2, 0.25) is 0 Å². The summed E-state index contributed by atoms with van der Waals surface area (Å²) in [5.41, 5.74) is 6.50. The minimum absolute atomic E-state index is 0.0299. The number of hydrogen-bond acceptors (Lipinski definition) is 6. The number of allylic oxidation sites excluding steroid dienone is 1. The molecule has 0 radical (unpaired) electrons. The summed E-state index contributed by atoms with van der Waals surface area (Å²) >= 11 is 0.996. The monoisotopic (exact) mass is 451 g/mol. The van der Waals surface area contributed by atoms with Crippen LogP contribution in [0.3, 0.4) is 0 Å². The molecule has 1 aromatic heterocycles. The molecule has 0 aliphatic carbocycles. The third kappa shape index (κ3) is 3.50. The maximum atomic E-state index is 13.5. The molecule has 32 heavy (non-hydrogen) atoms. The van der Waals surface area contributed by atoms with Crippen molar-refractivity contribution in [1.82, 2.24) is 4.57 Å². The molecule has 2 N–H and O–H groups in total. The molecule has 9 heteroatoms. The molecule has 6 nitrogen and oxygen atoms in total. The molecule has 0 saturated carbocycles. The van der Waals surface area contributed by atoms with Gasteiger partial charge in [0.1, 0.15) is 27.9 Å². The maximum Gasteiger partial charge on any atom is 0.343 e. The van der Waals surface area contributed by atoms with E-state index >= 15 is 0 Å². The lowest BCUT2D eigenvalue weighted by molar-refractivity contribution is -0.133. The zero-order valence-corrected chi connectivity index (χ0v) is 17.5. The Kier molecular flexibility index (Phi) is 5.47. The SMILES string of the molecule is COC(=O)C1=c2s/c(=C/c3ccc(F)cc3)c(=O)n2[C@H](c2ccc(F)cc2)C(C#N)=C1N. The number of fused-ring (bicyclic) bond motifs is 1. The van der Waals surface area contributed by atoms with Gasteiger partial charge in [-0.05, 0) is 41.5 Å². The van der Waals surface area contributed by atoms with Crippen LogP contribution in [0.5, 0.6) is 0 Å². The number of halogens is 2. The number of carbonyl (C=O) groups is 1. The Labute approximate surface area is 184 Å². The van der Waals surface area contributed by atoms with Gasteiger partial charge in [-0.25, -0.2) is 13.6 Å². The van der Waals surface area contributed by atoms with Crippen LogP contribution < -0.4 is 20.5 Å². The molecule has 160 valence electrons. The normalized spacial score (nSPS) is 16.0. The van der Waals surface area contributed by atoms with Crippen LogP contribution in [0, 0.1) is 23.0 Å². The van der Waals surface area contributed by atoms with E-state index in [0.29, 0.717) is 11.1 Å². The van der Waals surface area contributed by atoms with E-state index in [1.54, 1.807) is 6.08 Å². The van der Waals surface area contributed by atoms with Gasteiger partial charge in [0.05, 0.1) is 29.0 Å². The average Bonchev–Trinajstić information content (AvgIpc) is 3.10. The maximum absolute atomic E-state index is 13.5. The zero-order valence-electron chi connectivity index (χ0n) is 16.6. The van der Waals surface area contributed by atoms with Crippen molar-refractivity contribution in [2.24, 2.45) is 5.73 Å². The van der Waals surface area contributed by atoms with Gasteiger partial charge in [-0.1, -0.05) is 24.3 Å². The lowest BCUT2D eigenvalue weighted by Gasteiger charge is -2.24. The van der Waals surface area contributed by atoms with Crippen LogP contribution in [0.1, 0.15) is 17.2 Å². The Bertz CT molecular complexity index is 1480. The summed E-state index contributed by atoms with van der Waals surface area (Å²) < 4.78 is 33.3. The van der Waals surface area contributed by atoms with Gasteiger partial charge in [0.15, 0.2) is 0 Å². The smallest absolute Gasteiger partial charge is 0.343 e. The summed E-state index contributed by atoms with van der Waals surface area (Å²) in [6, 6.07) is 11.9. The average molecular weight is 451 g/mol. The number of methoxy groups -OCH3 is 1. The van der Waals surface area contributed by atoms with Crippen LogP contribution in [0.25, 0.3) is 11.6 Å². The summed E-state index contributed by atoms with van der Waals surface area (Å²) in [5, 5.41) is 9.82.